The van der Waals surface area contributed by atoms with Crippen LogP contribution in [0.2, 0.25) is 0 Å². The van der Waals surface area contributed by atoms with Gasteiger partial charge in [-0.25, -0.2) is 0 Å². The first-order valence-electron chi connectivity index (χ1n) is 9.80. The van der Waals surface area contributed by atoms with Crippen molar-refractivity contribution in [2.24, 2.45) is 5.92 Å². The fraction of sp³-hybridized carbons (Fsp3) is 0.364. The summed E-state index contributed by atoms with van der Waals surface area (Å²) in [7, 11) is 0. The lowest BCUT2D eigenvalue weighted by Gasteiger charge is -2.19. The van der Waals surface area contributed by atoms with E-state index < -0.39 is 0 Å². The standard InChI is InChI=1S/C22H22N2O4/c25-21(12-14-1-6-19-20(11-14)28-10-9-27-19)23-17-4-5-18-16(13-17)7-8-24(18)22(26)15-2-3-15/h1,4-6,11,13,15H,2-3,7-10,12H2,(H,23,25). The molecule has 5 rings (SSSR count). The fourth-order valence-corrected chi connectivity index (χ4v) is 3.85. The number of nitrogens with zero attached hydrogens (tertiary/aromatic N) is 1. The summed E-state index contributed by atoms with van der Waals surface area (Å²) in [4.78, 5) is 26.7. The van der Waals surface area contributed by atoms with Crippen molar-refractivity contribution in [1.82, 2.24) is 0 Å². The van der Waals surface area contributed by atoms with Crippen LogP contribution in [-0.4, -0.2) is 31.6 Å². The molecule has 28 heavy (non-hydrogen) atoms. The molecule has 0 aromatic heterocycles. The predicted molar refractivity (Wildman–Crippen MR) is 105 cm³/mol. The van der Waals surface area contributed by atoms with Crippen LogP contribution in [0.1, 0.15) is 24.0 Å². The van der Waals surface area contributed by atoms with Crippen molar-refractivity contribution in [1.29, 1.82) is 0 Å². The second-order valence-electron chi connectivity index (χ2n) is 7.56. The van der Waals surface area contributed by atoms with Gasteiger partial charge in [-0.15, -0.1) is 0 Å². The van der Waals surface area contributed by atoms with Gasteiger partial charge in [0.05, 0.1) is 6.42 Å². The van der Waals surface area contributed by atoms with Crippen LogP contribution in [0.4, 0.5) is 11.4 Å². The van der Waals surface area contributed by atoms with Crippen molar-refractivity contribution in [3.8, 4) is 11.5 Å². The van der Waals surface area contributed by atoms with E-state index in [9.17, 15) is 9.59 Å². The average molecular weight is 378 g/mol. The highest BCUT2D eigenvalue weighted by Gasteiger charge is 2.36. The molecule has 144 valence electrons. The molecule has 0 radical (unpaired) electrons. The number of nitrogens with one attached hydrogen (secondary N) is 1. The number of amides is 2. The van der Waals surface area contributed by atoms with Crippen LogP contribution in [0.3, 0.4) is 0 Å². The van der Waals surface area contributed by atoms with Gasteiger partial charge in [-0.3, -0.25) is 9.59 Å². The molecule has 0 bridgehead atoms. The Kier molecular flexibility index (Phi) is 4.19. The van der Waals surface area contributed by atoms with Gasteiger partial charge < -0.3 is 19.7 Å². The van der Waals surface area contributed by atoms with Crippen molar-refractivity contribution in [3.05, 3.63) is 47.5 Å². The summed E-state index contributed by atoms with van der Waals surface area (Å²) in [6.45, 7) is 1.81. The molecule has 2 heterocycles. The average Bonchev–Trinajstić information content (AvgIpc) is 3.47. The summed E-state index contributed by atoms with van der Waals surface area (Å²) in [6, 6.07) is 11.4. The summed E-state index contributed by atoms with van der Waals surface area (Å²) in [6.07, 6.45) is 3.12. The van der Waals surface area contributed by atoms with Crippen LogP contribution < -0.4 is 19.7 Å². The molecule has 3 aliphatic rings. The molecule has 6 nitrogen and oxygen atoms in total. The first-order valence-corrected chi connectivity index (χ1v) is 9.80. The Bertz CT molecular complexity index is 952. The topological polar surface area (TPSA) is 67.9 Å². The third kappa shape index (κ3) is 3.30. The Morgan fingerprint density at radius 2 is 1.86 bits per heavy atom. The smallest absolute Gasteiger partial charge is 0.230 e. The van der Waals surface area contributed by atoms with Gasteiger partial charge >= 0.3 is 0 Å². The van der Waals surface area contributed by atoms with Crippen molar-refractivity contribution >= 4 is 23.2 Å². The van der Waals surface area contributed by atoms with Crippen molar-refractivity contribution in [3.63, 3.8) is 0 Å². The summed E-state index contributed by atoms with van der Waals surface area (Å²) >= 11 is 0. The third-order valence-electron chi connectivity index (χ3n) is 5.42. The zero-order valence-corrected chi connectivity index (χ0v) is 15.6. The van der Waals surface area contributed by atoms with Crippen LogP contribution in [0.5, 0.6) is 11.5 Å². The summed E-state index contributed by atoms with van der Waals surface area (Å²) in [5.74, 6) is 1.79. The van der Waals surface area contributed by atoms with E-state index in [-0.39, 0.29) is 24.2 Å². The first kappa shape index (κ1) is 17.1. The van der Waals surface area contributed by atoms with E-state index in [1.165, 1.54) is 0 Å². The van der Waals surface area contributed by atoms with Gasteiger partial charge in [0.25, 0.3) is 0 Å². The summed E-state index contributed by atoms with van der Waals surface area (Å²) in [5.41, 5.74) is 3.75. The molecule has 2 amide bonds. The highest BCUT2D eigenvalue weighted by molar-refractivity contribution is 5.99. The number of carbonyl (C=O) groups is 2. The Hall–Kier alpha value is -3.02. The highest BCUT2D eigenvalue weighted by Crippen LogP contribution is 2.37. The maximum absolute atomic E-state index is 12.5. The maximum Gasteiger partial charge on any atom is 0.230 e. The lowest BCUT2D eigenvalue weighted by molar-refractivity contribution is -0.119. The molecule has 6 heteroatoms. The Balaban J connectivity index is 1.25. The lowest BCUT2D eigenvalue weighted by Crippen LogP contribution is -2.30. The molecule has 1 aliphatic carbocycles. The molecule has 2 aromatic carbocycles. The van der Waals surface area contributed by atoms with E-state index in [1.807, 2.05) is 41.3 Å². The molecular weight excluding hydrogens is 356 g/mol. The molecule has 2 aromatic rings. The Morgan fingerprint density at radius 1 is 1.04 bits per heavy atom. The number of rotatable bonds is 4. The van der Waals surface area contributed by atoms with Gasteiger partial charge in [0, 0.05) is 23.8 Å². The van der Waals surface area contributed by atoms with Crippen LogP contribution in [0.25, 0.3) is 0 Å². The monoisotopic (exact) mass is 378 g/mol. The number of hydrogen-bond donors (Lipinski definition) is 1. The van der Waals surface area contributed by atoms with E-state index in [0.717, 1.165) is 54.1 Å². The number of anilines is 2. The Morgan fingerprint density at radius 3 is 2.68 bits per heavy atom. The van der Waals surface area contributed by atoms with E-state index in [0.29, 0.717) is 19.0 Å². The minimum absolute atomic E-state index is 0.0828. The molecule has 0 saturated heterocycles. The number of ether oxygens (including phenoxy) is 2. The normalized spacial score (nSPS) is 17.2. The zero-order valence-electron chi connectivity index (χ0n) is 15.6. The molecule has 0 unspecified atom stereocenters. The molecule has 2 aliphatic heterocycles. The Labute approximate surface area is 163 Å². The van der Waals surface area contributed by atoms with E-state index >= 15 is 0 Å². The van der Waals surface area contributed by atoms with Gasteiger partial charge in [-0.05, 0) is 60.7 Å². The van der Waals surface area contributed by atoms with E-state index in [1.54, 1.807) is 0 Å². The summed E-state index contributed by atoms with van der Waals surface area (Å²) < 4.78 is 11.1. The lowest BCUT2D eigenvalue weighted by atomic mass is 10.1. The number of fused-ring (bicyclic) bond motifs is 2. The molecule has 0 atom stereocenters. The number of hydrogen-bond acceptors (Lipinski definition) is 4. The molecule has 1 fully saturated rings. The van der Waals surface area contributed by atoms with Gasteiger partial charge in [-0.1, -0.05) is 6.07 Å². The van der Waals surface area contributed by atoms with Gasteiger partial charge in [0.1, 0.15) is 13.2 Å². The second-order valence-corrected chi connectivity index (χ2v) is 7.56. The highest BCUT2D eigenvalue weighted by atomic mass is 16.6. The molecule has 1 saturated carbocycles. The first-order chi connectivity index (χ1) is 13.7. The van der Waals surface area contributed by atoms with Crippen LogP contribution >= 0.6 is 0 Å². The molecule has 1 N–H and O–H groups in total. The molecule has 0 spiro atoms. The fourth-order valence-electron chi connectivity index (χ4n) is 3.85. The minimum atomic E-state index is -0.0828. The zero-order chi connectivity index (χ0) is 19.1. The van der Waals surface area contributed by atoms with Crippen molar-refractivity contribution < 1.29 is 19.1 Å². The van der Waals surface area contributed by atoms with Crippen molar-refractivity contribution in [2.75, 3.05) is 30.0 Å². The molecular formula is C22H22N2O4. The van der Waals surface area contributed by atoms with Gasteiger partial charge in [0.2, 0.25) is 11.8 Å². The number of carbonyl (C=O) groups excluding carboxylic acids is 2. The second kappa shape index (κ2) is 6.86. The van der Waals surface area contributed by atoms with Crippen LogP contribution in [0.15, 0.2) is 36.4 Å². The SMILES string of the molecule is O=C(Cc1ccc2c(c1)OCCO2)Nc1ccc2c(c1)CCN2C(=O)C1CC1. The van der Waals surface area contributed by atoms with Crippen LogP contribution in [-0.2, 0) is 22.4 Å². The quantitative estimate of drug-likeness (QED) is 0.888. The maximum atomic E-state index is 12.5. The van der Waals surface area contributed by atoms with Crippen molar-refractivity contribution in [2.45, 2.75) is 25.7 Å². The number of benzene rings is 2. The van der Waals surface area contributed by atoms with Crippen LogP contribution in [0, 0.1) is 5.92 Å². The largest absolute Gasteiger partial charge is 0.486 e. The predicted octanol–water partition coefficient (Wildman–Crippen LogP) is 2.94. The van der Waals surface area contributed by atoms with Gasteiger partial charge in [-0.2, -0.15) is 0 Å². The minimum Gasteiger partial charge on any atom is -0.486 e. The summed E-state index contributed by atoms with van der Waals surface area (Å²) in [5, 5.41) is 2.96. The van der Waals surface area contributed by atoms with E-state index in [2.05, 4.69) is 5.32 Å². The van der Waals surface area contributed by atoms with Gasteiger partial charge in [0.15, 0.2) is 11.5 Å². The third-order valence-corrected chi connectivity index (χ3v) is 5.42. The van der Waals surface area contributed by atoms with E-state index in [4.69, 9.17) is 9.47 Å².